The van der Waals surface area contributed by atoms with Crippen LogP contribution in [0.5, 0.6) is 0 Å². The third kappa shape index (κ3) is 2.96. The molecule has 0 aliphatic carbocycles. The van der Waals surface area contributed by atoms with Gasteiger partial charge in [-0.2, -0.15) is 0 Å². The van der Waals surface area contributed by atoms with Gasteiger partial charge in [-0.15, -0.1) is 0 Å². The second kappa shape index (κ2) is 3.80. The van der Waals surface area contributed by atoms with Gasteiger partial charge in [0.1, 0.15) is 0 Å². The second-order valence-electron chi connectivity index (χ2n) is 2.32. The van der Waals surface area contributed by atoms with E-state index < -0.39 is 0 Å². The molecule has 0 fully saturated rings. The molecule has 0 amide bonds. The minimum Gasteiger partial charge on any atom is -0.0894 e. The summed E-state index contributed by atoms with van der Waals surface area (Å²) >= 11 is 11.3. The van der Waals surface area contributed by atoms with Gasteiger partial charge in [-0.1, -0.05) is 41.9 Å². The first kappa shape index (κ1) is 8.63. The molecular formula is C9H8Cl2. The molecule has 0 nitrogen and oxygen atoms in total. The Labute approximate surface area is 76.4 Å². The van der Waals surface area contributed by atoms with E-state index >= 15 is 0 Å². The van der Waals surface area contributed by atoms with Gasteiger partial charge in [0.25, 0.3) is 0 Å². The van der Waals surface area contributed by atoms with Crippen molar-refractivity contribution in [2.45, 2.75) is 6.42 Å². The van der Waals surface area contributed by atoms with E-state index in [0.29, 0.717) is 11.5 Å². The summed E-state index contributed by atoms with van der Waals surface area (Å²) in [4.78, 5) is 0. The normalized spacial score (nSPS) is 9.64. The quantitative estimate of drug-likeness (QED) is 0.662. The van der Waals surface area contributed by atoms with Gasteiger partial charge < -0.3 is 0 Å². The molecule has 11 heavy (non-hydrogen) atoms. The van der Waals surface area contributed by atoms with E-state index in [4.69, 9.17) is 23.2 Å². The highest BCUT2D eigenvalue weighted by atomic mass is 35.5. The SMILES string of the molecule is C=C(Cl)Cc1ccc(Cl)cc1. The van der Waals surface area contributed by atoms with E-state index in [1.54, 1.807) is 0 Å². The standard InChI is InChI=1S/C9H8Cl2/c1-7(10)6-8-2-4-9(11)5-3-8/h2-5H,1,6H2. The van der Waals surface area contributed by atoms with Crippen LogP contribution in [-0.2, 0) is 6.42 Å². The maximum absolute atomic E-state index is 5.69. The fourth-order valence-corrected chi connectivity index (χ4v) is 1.10. The van der Waals surface area contributed by atoms with Crippen molar-refractivity contribution >= 4 is 23.2 Å². The maximum Gasteiger partial charge on any atom is 0.0406 e. The van der Waals surface area contributed by atoms with Crippen LogP contribution in [0.4, 0.5) is 0 Å². The highest BCUT2D eigenvalue weighted by Crippen LogP contribution is 2.13. The van der Waals surface area contributed by atoms with Crippen molar-refractivity contribution in [1.82, 2.24) is 0 Å². The van der Waals surface area contributed by atoms with Crippen LogP contribution in [0, 0.1) is 0 Å². The van der Waals surface area contributed by atoms with Crippen molar-refractivity contribution in [3.8, 4) is 0 Å². The van der Waals surface area contributed by atoms with Gasteiger partial charge in [0.15, 0.2) is 0 Å². The number of hydrogen-bond donors (Lipinski definition) is 0. The molecule has 0 aliphatic heterocycles. The van der Waals surface area contributed by atoms with Crippen LogP contribution in [0.15, 0.2) is 35.9 Å². The van der Waals surface area contributed by atoms with Gasteiger partial charge in [-0.3, -0.25) is 0 Å². The van der Waals surface area contributed by atoms with Crippen LogP contribution in [0.1, 0.15) is 5.56 Å². The van der Waals surface area contributed by atoms with Crippen LogP contribution in [0.3, 0.4) is 0 Å². The van der Waals surface area contributed by atoms with Gasteiger partial charge >= 0.3 is 0 Å². The predicted octanol–water partition coefficient (Wildman–Crippen LogP) is 3.64. The molecule has 0 bridgehead atoms. The molecule has 0 heterocycles. The number of rotatable bonds is 2. The van der Waals surface area contributed by atoms with E-state index in [9.17, 15) is 0 Å². The molecule has 0 aliphatic rings. The van der Waals surface area contributed by atoms with Gasteiger partial charge in [0.2, 0.25) is 0 Å². The van der Waals surface area contributed by atoms with Crippen molar-refractivity contribution in [3.63, 3.8) is 0 Å². The Kier molecular flexibility index (Phi) is 2.98. The average Bonchev–Trinajstić information content (AvgIpc) is 1.93. The Balaban J connectivity index is 2.74. The summed E-state index contributed by atoms with van der Waals surface area (Å²) in [5, 5.41) is 1.39. The van der Waals surface area contributed by atoms with Gasteiger partial charge in [-0.25, -0.2) is 0 Å². The fraction of sp³-hybridized carbons (Fsp3) is 0.111. The second-order valence-corrected chi connectivity index (χ2v) is 3.29. The molecule has 0 N–H and O–H groups in total. The van der Waals surface area contributed by atoms with E-state index in [-0.39, 0.29) is 0 Å². The number of hydrogen-bond acceptors (Lipinski definition) is 0. The maximum atomic E-state index is 5.69. The predicted molar refractivity (Wildman–Crippen MR) is 50.1 cm³/mol. The molecule has 1 aromatic rings. The van der Waals surface area contributed by atoms with Crippen molar-refractivity contribution < 1.29 is 0 Å². The average molecular weight is 187 g/mol. The first-order chi connectivity index (χ1) is 5.18. The third-order valence-electron chi connectivity index (χ3n) is 1.31. The highest BCUT2D eigenvalue weighted by Gasteiger charge is 1.93. The summed E-state index contributed by atoms with van der Waals surface area (Å²) in [6.45, 7) is 3.61. The first-order valence-electron chi connectivity index (χ1n) is 3.26. The largest absolute Gasteiger partial charge is 0.0894 e. The van der Waals surface area contributed by atoms with Crippen LogP contribution >= 0.6 is 23.2 Å². The van der Waals surface area contributed by atoms with Crippen LogP contribution < -0.4 is 0 Å². The van der Waals surface area contributed by atoms with Gasteiger partial charge in [-0.05, 0) is 17.7 Å². The molecule has 0 saturated heterocycles. The molecule has 0 saturated carbocycles. The monoisotopic (exact) mass is 186 g/mol. The molecule has 58 valence electrons. The minimum atomic E-state index is 0.646. The Bertz CT molecular complexity index is 249. The van der Waals surface area contributed by atoms with Crippen molar-refractivity contribution in [3.05, 3.63) is 46.5 Å². The summed E-state index contributed by atoms with van der Waals surface area (Å²) < 4.78 is 0. The number of allylic oxidation sites excluding steroid dienone is 1. The Hall–Kier alpha value is -0.460. The van der Waals surface area contributed by atoms with E-state index in [0.717, 1.165) is 10.6 Å². The molecule has 0 unspecified atom stereocenters. The van der Waals surface area contributed by atoms with Crippen molar-refractivity contribution in [1.29, 1.82) is 0 Å². The fourth-order valence-electron chi connectivity index (χ4n) is 0.824. The zero-order valence-corrected chi connectivity index (χ0v) is 7.49. The van der Waals surface area contributed by atoms with Crippen molar-refractivity contribution in [2.75, 3.05) is 0 Å². The lowest BCUT2D eigenvalue weighted by Crippen LogP contribution is -1.81. The van der Waals surface area contributed by atoms with Crippen LogP contribution in [0.25, 0.3) is 0 Å². The van der Waals surface area contributed by atoms with Crippen LogP contribution in [-0.4, -0.2) is 0 Å². The topological polar surface area (TPSA) is 0 Å². The van der Waals surface area contributed by atoms with Gasteiger partial charge in [0, 0.05) is 16.5 Å². The highest BCUT2D eigenvalue weighted by molar-refractivity contribution is 6.30. The summed E-state index contributed by atoms with van der Waals surface area (Å²) in [7, 11) is 0. The molecular weight excluding hydrogens is 179 g/mol. The first-order valence-corrected chi connectivity index (χ1v) is 4.02. The van der Waals surface area contributed by atoms with Gasteiger partial charge in [0.05, 0.1) is 0 Å². The Morgan fingerprint density at radius 3 is 2.27 bits per heavy atom. The Morgan fingerprint density at radius 2 is 1.82 bits per heavy atom. The summed E-state index contributed by atoms with van der Waals surface area (Å²) in [5.41, 5.74) is 1.13. The smallest absolute Gasteiger partial charge is 0.0406 e. The molecule has 1 aromatic carbocycles. The zero-order chi connectivity index (χ0) is 8.27. The number of benzene rings is 1. The minimum absolute atomic E-state index is 0.646. The van der Waals surface area contributed by atoms with Crippen molar-refractivity contribution in [2.24, 2.45) is 0 Å². The molecule has 0 spiro atoms. The zero-order valence-electron chi connectivity index (χ0n) is 5.98. The molecule has 2 heteroatoms. The van der Waals surface area contributed by atoms with E-state index in [1.165, 1.54) is 0 Å². The molecule has 1 rings (SSSR count). The summed E-state index contributed by atoms with van der Waals surface area (Å²) in [6.07, 6.45) is 0.707. The molecule has 0 aromatic heterocycles. The molecule has 0 radical (unpaired) electrons. The lowest BCUT2D eigenvalue weighted by molar-refractivity contribution is 1.25. The van der Waals surface area contributed by atoms with Crippen LogP contribution in [0.2, 0.25) is 5.02 Å². The summed E-state index contributed by atoms with van der Waals surface area (Å²) in [5.74, 6) is 0. The lowest BCUT2D eigenvalue weighted by Gasteiger charge is -1.97. The lowest BCUT2D eigenvalue weighted by atomic mass is 10.1. The van der Waals surface area contributed by atoms with E-state index in [2.05, 4.69) is 6.58 Å². The summed E-state index contributed by atoms with van der Waals surface area (Å²) in [6, 6.07) is 7.57. The van der Waals surface area contributed by atoms with E-state index in [1.807, 2.05) is 24.3 Å². The third-order valence-corrected chi connectivity index (χ3v) is 1.69. The molecule has 0 atom stereocenters. The number of halogens is 2. The Morgan fingerprint density at radius 1 is 1.27 bits per heavy atom.